The van der Waals surface area contributed by atoms with Crippen LogP contribution in [0.25, 0.3) is 11.3 Å². The van der Waals surface area contributed by atoms with Gasteiger partial charge >= 0.3 is 0 Å². The van der Waals surface area contributed by atoms with E-state index in [-0.39, 0.29) is 11.8 Å². The maximum Gasteiger partial charge on any atom is 0.233 e. The molecule has 0 bridgehead atoms. The Hall–Kier alpha value is -2.34. The maximum atomic E-state index is 13.5. The summed E-state index contributed by atoms with van der Waals surface area (Å²) in [6, 6.07) is 10.6. The van der Waals surface area contributed by atoms with Crippen molar-refractivity contribution in [2.24, 2.45) is 5.92 Å². The molecule has 2 fully saturated rings. The number of nitrogens with zero attached hydrogens (tertiary/aromatic N) is 3. The first-order valence-corrected chi connectivity index (χ1v) is 12.3. The Morgan fingerprint density at radius 2 is 1.91 bits per heavy atom. The molecule has 2 aliphatic rings. The standard InChI is InChI=1S/C26H37N3O3/c1-20-11-8-9-17-29(20)26-23(24(27-32-26)21-12-4-3-5-13-21)19-28(16-10-18-31-2)25(30)22-14-6-7-15-22/h3-5,12-13,20,22H,6-11,14-19H2,1-2H3. The number of aromatic nitrogens is 1. The lowest BCUT2D eigenvalue weighted by molar-refractivity contribution is -0.136. The average molecular weight is 440 g/mol. The minimum absolute atomic E-state index is 0.148. The number of ether oxygens (including phenoxy) is 1. The van der Waals surface area contributed by atoms with Crippen LogP contribution in [0, 0.1) is 5.92 Å². The lowest BCUT2D eigenvalue weighted by atomic mass is 10.0. The van der Waals surface area contributed by atoms with E-state index in [1.807, 2.05) is 23.1 Å². The molecule has 4 rings (SSSR count). The summed E-state index contributed by atoms with van der Waals surface area (Å²) >= 11 is 0. The molecule has 174 valence electrons. The molecule has 1 amide bonds. The molecule has 32 heavy (non-hydrogen) atoms. The summed E-state index contributed by atoms with van der Waals surface area (Å²) in [5, 5.41) is 4.52. The van der Waals surface area contributed by atoms with E-state index in [9.17, 15) is 4.79 Å². The molecule has 1 aromatic carbocycles. The number of benzene rings is 1. The van der Waals surface area contributed by atoms with E-state index in [2.05, 4.69) is 29.1 Å². The third-order valence-electron chi connectivity index (χ3n) is 7.02. The lowest BCUT2D eigenvalue weighted by Gasteiger charge is -2.34. The number of rotatable bonds is 9. The summed E-state index contributed by atoms with van der Waals surface area (Å²) in [5.41, 5.74) is 2.93. The van der Waals surface area contributed by atoms with Gasteiger partial charge in [0.1, 0.15) is 5.69 Å². The van der Waals surface area contributed by atoms with Gasteiger partial charge in [-0.1, -0.05) is 48.3 Å². The summed E-state index contributed by atoms with van der Waals surface area (Å²) in [6.45, 7) is 5.11. The highest BCUT2D eigenvalue weighted by Gasteiger charge is 2.32. The number of carbonyl (C=O) groups excluding carboxylic acids is 1. The van der Waals surface area contributed by atoms with Gasteiger partial charge in [-0.15, -0.1) is 0 Å². The van der Waals surface area contributed by atoms with Crippen LogP contribution in [0.1, 0.15) is 63.9 Å². The molecule has 0 spiro atoms. The van der Waals surface area contributed by atoms with Crippen molar-refractivity contribution in [3.63, 3.8) is 0 Å². The largest absolute Gasteiger partial charge is 0.385 e. The van der Waals surface area contributed by atoms with Gasteiger partial charge in [-0.25, -0.2) is 0 Å². The second-order valence-electron chi connectivity index (χ2n) is 9.31. The third-order valence-corrected chi connectivity index (χ3v) is 7.02. The summed E-state index contributed by atoms with van der Waals surface area (Å²) in [4.78, 5) is 17.9. The van der Waals surface area contributed by atoms with Crippen LogP contribution in [0.2, 0.25) is 0 Å². The van der Waals surface area contributed by atoms with Gasteiger partial charge in [0.2, 0.25) is 11.8 Å². The van der Waals surface area contributed by atoms with Crippen LogP contribution in [0.15, 0.2) is 34.9 Å². The predicted molar refractivity (Wildman–Crippen MR) is 126 cm³/mol. The van der Waals surface area contributed by atoms with E-state index >= 15 is 0 Å². The first-order chi connectivity index (χ1) is 15.7. The molecule has 0 radical (unpaired) electrons. The Kier molecular flexibility index (Phi) is 7.85. The monoisotopic (exact) mass is 439 g/mol. The highest BCUT2D eigenvalue weighted by atomic mass is 16.5. The van der Waals surface area contributed by atoms with Crippen LogP contribution >= 0.6 is 0 Å². The van der Waals surface area contributed by atoms with Crippen molar-refractivity contribution in [3.05, 3.63) is 35.9 Å². The van der Waals surface area contributed by atoms with E-state index in [4.69, 9.17) is 9.26 Å². The van der Waals surface area contributed by atoms with Crippen LogP contribution in [-0.2, 0) is 16.1 Å². The number of amides is 1. The zero-order valence-corrected chi connectivity index (χ0v) is 19.6. The van der Waals surface area contributed by atoms with Crippen molar-refractivity contribution in [2.75, 3.05) is 31.7 Å². The molecule has 1 atom stereocenters. The molecule has 1 aromatic heterocycles. The third kappa shape index (κ3) is 5.17. The van der Waals surface area contributed by atoms with Crippen LogP contribution in [0.5, 0.6) is 0 Å². The van der Waals surface area contributed by atoms with Gasteiger partial charge in [0.05, 0.1) is 12.1 Å². The van der Waals surface area contributed by atoms with Crippen LogP contribution < -0.4 is 4.90 Å². The molecular formula is C26H37N3O3. The van der Waals surface area contributed by atoms with Gasteiger partial charge < -0.3 is 19.1 Å². The van der Waals surface area contributed by atoms with Crippen molar-refractivity contribution in [3.8, 4) is 11.3 Å². The second-order valence-corrected chi connectivity index (χ2v) is 9.31. The molecule has 2 heterocycles. The SMILES string of the molecule is COCCCN(Cc1c(-c2ccccc2)noc1N1CCCCC1C)C(=O)C1CCCC1. The minimum Gasteiger partial charge on any atom is -0.385 e. The van der Waals surface area contributed by atoms with E-state index < -0.39 is 0 Å². The summed E-state index contributed by atoms with van der Waals surface area (Å²) < 4.78 is 11.3. The Balaban J connectivity index is 1.67. The Morgan fingerprint density at radius 3 is 2.62 bits per heavy atom. The molecule has 6 heteroatoms. The minimum atomic E-state index is 0.148. The van der Waals surface area contributed by atoms with E-state index in [1.54, 1.807) is 7.11 Å². The predicted octanol–water partition coefficient (Wildman–Crippen LogP) is 5.28. The van der Waals surface area contributed by atoms with E-state index in [0.717, 1.165) is 74.2 Å². The van der Waals surface area contributed by atoms with Gasteiger partial charge in [0.15, 0.2) is 0 Å². The van der Waals surface area contributed by atoms with Crippen LogP contribution in [0.3, 0.4) is 0 Å². The fourth-order valence-electron chi connectivity index (χ4n) is 5.18. The molecule has 2 aromatic rings. The fourth-order valence-corrected chi connectivity index (χ4v) is 5.18. The average Bonchev–Trinajstić information content (AvgIpc) is 3.50. The second kappa shape index (κ2) is 11.0. The number of piperidine rings is 1. The Labute approximate surface area is 191 Å². The van der Waals surface area contributed by atoms with Crippen molar-refractivity contribution >= 4 is 11.8 Å². The smallest absolute Gasteiger partial charge is 0.233 e. The Morgan fingerprint density at radius 1 is 1.16 bits per heavy atom. The number of hydrogen-bond acceptors (Lipinski definition) is 5. The van der Waals surface area contributed by atoms with Gasteiger partial charge in [0, 0.05) is 44.3 Å². The summed E-state index contributed by atoms with van der Waals surface area (Å²) in [7, 11) is 1.71. The van der Waals surface area contributed by atoms with Crippen molar-refractivity contribution in [1.82, 2.24) is 10.1 Å². The van der Waals surface area contributed by atoms with Crippen molar-refractivity contribution < 1.29 is 14.1 Å². The van der Waals surface area contributed by atoms with Crippen LogP contribution in [-0.4, -0.2) is 48.8 Å². The maximum absolute atomic E-state index is 13.5. The first-order valence-electron chi connectivity index (χ1n) is 12.3. The molecule has 1 aliphatic heterocycles. The quantitative estimate of drug-likeness (QED) is 0.498. The molecule has 1 saturated carbocycles. The normalized spacial score (nSPS) is 19.4. The molecule has 1 aliphatic carbocycles. The zero-order valence-electron chi connectivity index (χ0n) is 19.6. The van der Waals surface area contributed by atoms with Gasteiger partial charge in [-0.2, -0.15) is 0 Å². The molecule has 0 N–H and O–H groups in total. The summed E-state index contributed by atoms with van der Waals surface area (Å²) in [5.74, 6) is 1.26. The van der Waals surface area contributed by atoms with Gasteiger partial charge in [-0.05, 0) is 45.4 Å². The molecule has 1 saturated heterocycles. The van der Waals surface area contributed by atoms with Crippen LogP contribution in [0.4, 0.5) is 5.88 Å². The van der Waals surface area contributed by atoms with Crippen molar-refractivity contribution in [2.45, 2.75) is 70.9 Å². The molecular weight excluding hydrogens is 402 g/mol. The first kappa shape index (κ1) is 22.8. The van der Waals surface area contributed by atoms with Crippen molar-refractivity contribution in [1.29, 1.82) is 0 Å². The Bertz CT molecular complexity index is 860. The number of carbonyl (C=O) groups is 1. The topological polar surface area (TPSA) is 58.8 Å². The van der Waals surface area contributed by atoms with Gasteiger partial charge in [-0.3, -0.25) is 4.79 Å². The molecule has 1 unspecified atom stereocenters. The number of anilines is 1. The lowest BCUT2D eigenvalue weighted by Crippen LogP contribution is -2.39. The van der Waals surface area contributed by atoms with E-state index in [1.165, 1.54) is 6.42 Å². The zero-order chi connectivity index (χ0) is 22.3. The number of methoxy groups -OCH3 is 1. The molecule has 6 nitrogen and oxygen atoms in total. The van der Waals surface area contributed by atoms with Gasteiger partial charge in [0.25, 0.3) is 0 Å². The highest BCUT2D eigenvalue weighted by Crippen LogP contribution is 2.36. The highest BCUT2D eigenvalue weighted by molar-refractivity contribution is 5.80. The number of hydrogen-bond donors (Lipinski definition) is 0. The van der Waals surface area contributed by atoms with E-state index in [0.29, 0.717) is 25.7 Å². The summed E-state index contributed by atoms with van der Waals surface area (Å²) in [6.07, 6.45) is 8.70. The fraction of sp³-hybridized carbons (Fsp3) is 0.615.